The van der Waals surface area contributed by atoms with Gasteiger partial charge in [-0.25, -0.2) is 4.98 Å². The fourth-order valence-corrected chi connectivity index (χ4v) is 1.52. The van der Waals surface area contributed by atoms with E-state index in [2.05, 4.69) is 25.7 Å². The maximum atomic E-state index is 12.0. The van der Waals surface area contributed by atoms with Crippen molar-refractivity contribution in [3.63, 3.8) is 0 Å². The minimum atomic E-state index is -4.84. The van der Waals surface area contributed by atoms with Crippen molar-refractivity contribution in [2.24, 2.45) is 5.73 Å². The van der Waals surface area contributed by atoms with Gasteiger partial charge >= 0.3 is 6.36 Å². The summed E-state index contributed by atoms with van der Waals surface area (Å²) in [6.07, 6.45) is -4.84. The summed E-state index contributed by atoms with van der Waals surface area (Å²) in [6.45, 7) is -0.190. The van der Waals surface area contributed by atoms with Crippen molar-refractivity contribution >= 4 is 15.9 Å². The first-order chi connectivity index (χ1) is 7.37. The fourth-order valence-electron chi connectivity index (χ4n) is 0.976. The van der Waals surface area contributed by atoms with Gasteiger partial charge in [0.15, 0.2) is 0 Å². The summed E-state index contributed by atoms with van der Waals surface area (Å²) < 4.78 is 39.9. The molecular weight excluding hydrogens is 291 g/mol. The van der Waals surface area contributed by atoms with Gasteiger partial charge in [0, 0.05) is 18.2 Å². The highest BCUT2D eigenvalue weighted by atomic mass is 79.9. The zero-order valence-corrected chi connectivity index (χ0v) is 9.26. The van der Waals surface area contributed by atoms with Gasteiger partial charge in [-0.2, -0.15) is 5.26 Å². The van der Waals surface area contributed by atoms with Crippen LogP contribution in [0.1, 0.15) is 11.3 Å². The molecule has 0 unspecified atom stereocenters. The van der Waals surface area contributed by atoms with Crippen LogP contribution in [0.4, 0.5) is 13.2 Å². The van der Waals surface area contributed by atoms with E-state index in [0.717, 1.165) is 6.07 Å². The number of alkyl halides is 3. The first-order valence-corrected chi connectivity index (χ1v) is 4.72. The molecule has 0 aromatic carbocycles. The first kappa shape index (κ1) is 12.7. The Morgan fingerprint density at radius 3 is 2.62 bits per heavy atom. The summed E-state index contributed by atoms with van der Waals surface area (Å²) in [7, 11) is 0. The number of halogens is 4. The molecule has 4 nitrogen and oxygen atoms in total. The second-order valence-electron chi connectivity index (χ2n) is 2.64. The summed E-state index contributed by atoms with van der Waals surface area (Å²) in [6, 6.07) is 2.51. The molecule has 2 N–H and O–H groups in total. The van der Waals surface area contributed by atoms with Gasteiger partial charge in [0.05, 0.1) is 0 Å². The summed E-state index contributed by atoms with van der Waals surface area (Å²) in [5, 5.41) is 8.55. The minimum Gasteiger partial charge on any atom is -0.405 e. The standard InChI is InChI=1S/C8H5BrF3N3O/c9-7-5(3-14)6(16-8(10,11)12)1-4(2-13)15-7/h1H,3,14H2. The van der Waals surface area contributed by atoms with E-state index in [1.807, 2.05) is 0 Å². The van der Waals surface area contributed by atoms with E-state index < -0.39 is 12.1 Å². The van der Waals surface area contributed by atoms with Crippen molar-refractivity contribution in [3.05, 3.63) is 21.9 Å². The van der Waals surface area contributed by atoms with E-state index in [0.29, 0.717) is 0 Å². The Hall–Kier alpha value is -1.33. The maximum absolute atomic E-state index is 12.0. The Kier molecular flexibility index (Phi) is 3.72. The summed E-state index contributed by atoms with van der Waals surface area (Å²) >= 11 is 2.92. The molecule has 0 aliphatic carbocycles. The fraction of sp³-hybridized carbons (Fsp3) is 0.250. The molecule has 1 aromatic heterocycles. The van der Waals surface area contributed by atoms with E-state index in [4.69, 9.17) is 11.0 Å². The van der Waals surface area contributed by atoms with Gasteiger partial charge in [0.1, 0.15) is 22.1 Å². The van der Waals surface area contributed by atoms with Crippen molar-refractivity contribution in [1.82, 2.24) is 4.98 Å². The molecule has 8 heteroatoms. The third kappa shape index (κ3) is 3.08. The second-order valence-corrected chi connectivity index (χ2v) is 3.39. The molecule has 0 atom stereocenters. The smallest absolute Gasteiger partial charge is 0.405 e. The van der Waals surface area contributed by atoms with Crippen LogP contribution in [-0.4, -0.2) is 11.3 Å². The van der Waals surface area contributed by atoms with Crippen LogP contribution in [0.2, 0.25) is 0 Å². The molecule has 0 bridgehead atoms. The average Bonchev–Trinajstić information content (AvgIpc) is 2.14. The quantitative estimate of drug-likeness (QED) is 0.848. The normalized spacial score (nSPS) is 11.0. The Bertz CT molecular complexity index is 441. The van der Waals surface area contributed by atoms with Gasteiger partial charge in [-0.3, -0.25) is 0 Å². The van der Waals surface area contributed by atoms with Crippen molar-refractivity contribution in [1.29, 1.82) is 5.26 Å². The van der Waals surface area contributed by atoms with Crippen LogP contribution >= 0.6 is 15.9 Å². The van der Waals surface area contributed by atoms with E-state index in [1.54, 1.807) is 6.07 Å². The summed E-state index contributed by atoms with van der Waals surface area (Å²) in [5.41, 5.74) is 5.12. The summed E-state index contributed by atoms with van der Waals surface area (Å²) in [5.74, 6) is -0.520. The zero-order chi connectivity index (χ0) is 12.3. The largest absolute Gasteiger partial charge is 0.573 e. The molecule has 0 radical (unpaired) electrons. The van der Waals surface area contributed by atoms with Crippen LogP contribution in [0.15, 0.2) is 10.7 Å². The second kappa shape index (κ2) is 4.67. The van der Waals surface area contributed by atoms with Gasteiger partial charge in [-0.1, -0.05) is 0 Å². The van der Waals surface area contributed by atoms with Crippen molar-refractivity contribution < 1.29 is 17.9 Å². The molecule has 0 aliphatic rings. The highest BCUT2D eigenvalue weighted by Gasteiger charge is 2.32. The topological polar surface area (TPSA) is 71.9 Å². The van der Waals surface area contributed by atoms with Gasteiger partial charge in [0.25, 0.3) is 0 Å². The zero-order valence-electron chi connectivity index (χ0n) is 7.68. The number of nitriles is 1. The lowest BCUT2D eigenvalue weighted by Crippen LogP contribution is -2.19. The van der Waals surface area contributed by atoms with E-state index in [1.165, 1.54) is 0 Å². The molecule has 0 saturated heterocycles. The van der Waals surface area contributed by atoms with E-state index in [9.17, 15) is 13.2 Å². The number of hydrogen-bond donors (Lipinski definition) is 1. The number of aromatic nitrogens is 1. The lowest BCUT2D eigenvalue weighted by Gasteiger charge is -2.13. The third-order valence-corrected chi connectivity index (χ3v) is 2.23. The van der Waals surface area contributed by atoms with Crippen LogP contribution in [0.25, 0.3) is 0 Å². The molecule has 1 rings (SSSR count). The Labute approximate surface area is 97.0 Å². The van der Waals surface area contributed by atoms with Crippen molar-refractivity contribution in [2.45, 2.75) is 12.9 Å². The van der Waals surface area contributed by atoms with Crippen LogP contribution in [-0.2, 0) is 6.54 Å². The molecular formula is C8H5BrF3N3O. The van der Waals surface area contributed by atoms with Crippen LogP contribution in [0.3, 0.4) is 0 Å². The Balaban J connectivity index is 3.24. The van der Waals surface area contributed by atoms with E-state index in [-0.39, 0.29) is 22.4 Å². The third-order valence-electron chi connectivity index (χ3n) is 1.58. The predicted molar refractivity (Wildman–Crippen MR) is 51.2 cm³/mol. The van der Waals surface area contributed by atoms with Crippen LogP contribution < -0.4 is 10.5 Å². The lowest BCUT2D eigenvalue weighted by atomic mass is 10.2. The molecule has 16 heavy (non-hydrogen) atoms. The highest BCUT2D eigenvalue weighted by molar-refractivity contribution is 9.10. The monoisotopic (exact) mass is 295 g/mol. The number of hydrogen-bond acceptors (Lipinski definition) is 4. The number of ether oxygens (including phenoxy) is 1. The molecule has 0 aliphatic heterocycles. The maximum Gasteiger partial charge on any atom is 0.573 e. The number of nitrogens with two attached hydrogens (primary N) is 1. The Morgan fingerprint density at radius 1 is 1.56 bits per heavy atom. The van der Waals surface area contributed by atoms with Gasteiger partial charge in [-0.15, -0.1) is 13.2 Å². The molecule has 1 aromatic rings. The molecule has 0 saturated carbocycles. The molecule has 86 valence electrons. The average molecular weight is 296 g/mol. The minimum absolute atomic E-state index is 0.0522. The first-order valence-electron chi connectivity index (χ1n) is 3.92. The van der Waals surface area contributed by atoms with Crippen LogP contribution in [0, 0.1) is 11.3 Å². The molecule has 0 amide bonds. The number of nitrogens with zero attached hydrogens (tertiary/aromatic N) is 2. The Morgan fingerprint density at radius 2 is 2.19 bits per heavy atom. The molecule has 0 spiro atoms. The highest BCUT2D eigenvalue weighted by Crippen LogP contribution is 2.30. The van der Waals surface area contributed by atoms with Gasteiger partial charge in [-0.05, 0) is 15.9 Å². The van der Waals surface area contributed by atoms with Crippen LogP contribution in [0.5, 0.6) is 5.75 Å². The number of pyridine rings is 1. The summed E-state index contributed by atoms with van der Waals surface area (Å²) in [4.78, 5) is 3.68. The van der Waals surface area contributed by atoms with Crippen molar-refractivity contribution in [3.8, 4) is 11.8 Å². The molecule has 0 fully saturated rings. The van der Waals surface area contributed by atoms with Gasteiger partial charge in [0.2, 0.25) is 0 Å². The lowest BCUT2D eigenvalue weighted by molar-refractivity contribution is -0.274. The SMILES string of the molecule is N#Cc1cc(OC(F)(F)F)c(CN)c(Br)n1. The van der Waals surface area contributed by atoms with Gasteiger partial charge < -0.3 is 10.5 Å². The molecule has 1 heterocycles. The predicted octanol–water partition coefficient (Wildman–Crippen LogP) is 2.07. The van der Waals surface area contributed by atoms with Crippen molar-refractivity contribution in [2.75, 3.05) is 0 Å². The van der Waals surface area contributed by atoms with E-state index >= 15 is 0 Å². The number of rotatable bonds is 2.